The number of amides is 2. The maximum absolute atomic E-state index is 14.8. The number of nitrogens with zero attached hydrogens (tertiary/aromatic N) is 2. The molecule has 1 atom stereocenters. The van der Waals surface area contributed by atoms with Gasteiger partial charge >= 0.3 is 6.09 Å². The van der Waals surface area contributed by atoms with Crippen molar-refractivity contribution in [2.75, 3.05) is 11.4 Å². The second-order valence-corrected chi connectivity index (χ2v) is 6.04. The molecule has 2 N–H and O–H groups in total. The average Bonchev–Trinajstić information content (AvgIpc) is 2.96. The van der Waals surface area contributed by atoms with Crippen LogP contribution in [0.5, 0.6) is 0 Å². The van der Waals surface area contributed by atoms with Gasteiger partial charge in [0.1, 0.15) is 5.82 Å². The van der Waals surface area contributed by atoms with E-state index < -0.39 is 23.9 Å². The summed E-state index contributed by atoms with van der Waals surface area (Å²) in [5.74, 6) is -1.26. The third kappa shape index (κ3) is 2.46. The summed E-state index contributed by atoms with van der Waals surface area (Å²) >= 11 is 0. The lowest BCUT2D eigenvalue weighted by Crippen LogP contribution is -2.32. The fraction of sp³-hybridized carbons (Fsp3) is 0.235. The summed E-state index contributed by atoms with van der Waals surface area (Å²) in [6, 6.07) is 5.79. The fourth-order valence-corrected chi connectivity index (χ4v) is 3.28. The highest BCUT2D eigenvalue weighted by atomic mass is 19.1. The number of aromatic nitrogens is 1. The van der Waals surface area contributed by atoms with Crippen molar-refractivity contribution in [2.45, 2.75) is 18.9 Å². The molecule has 4 rings (SSSR count). The number of carbonyl (C=O) groups is 2. The summed E-state index contributed by atoms with van der Waals surface area (Å²) in [7, 11) is 0. The molecule has 3 heterocycles. The minimum Gasteiger partial charge on any atom is -0.434 e. The number of aryl methyl sites for hydroxylation is 2. The lowest BCUT2D eigenvalue weighted by molar-refractivity contribution is -0.124. The third-order valence-electron chi connectivity index (χ3n) is 4.47. The van der Waals surface area contributed by atoms with Gasteiger partial charge in [-0.05, 0) is 30.5 Å². The van der Waals surface area contributed by atoms with Gasteiger partial charge in [-0.2, -0.15) is 0 Å². The molecule has 2 aliphatic heterocycles. The number of carbonyl (C=O) groups excluding carboxylic acids is 2. The Morgan fingerprint density at radius 1 is 1.24 bits per heavy atom. The second-order valence-electron chi connectivity index (χ2n) is 6.04. The van der Waals surface area contributed by atoms with Crippen molar-refractivity contribution in [1.82, 2.24) is 4.57 Å². The first kappa shape index (κ1) is 15.4. The van der Waals surface area contributed by atoms with E-state index in [-0.39, 0.29) is 12.0 Å². The summed E-state index contributed by atoms with van der Waals surface area (Å²) in [6.45, 7) is -0.0460. The molecule has 1 fully saturated rings. The van der Waals surface area contributed by atoms with Crippen LogP contribution in [0.2, 0.25) is 0 Å². The van der Waals surface area contributed by atoms with Gasteiger partial charge in [0.25, 0.3) is 5.91 Å². The van der Waals surface area contributed by atoms with Gasteiger partial charge in [-0.1, -0.05) is 0 Å². The normalized spacial score (nSPS) is 18.5. The van der Waals surface area contributed by atoms with Gasteiger partial charge in [0.15, 0.2) is 11.5 Å². The highest BCUT2D eigenvalue weighted by Gasteiger charge is 2.36. The molecule has 8 heteroatoms. The summed E-state index contributed by atoms with van der Waals surface area (Å²) in [5.41, 5.74) is 7.17. The van der Waals surface area contributed by atoms with E-state index in [4.69, 9.17) is 10.5 Å². The first-order chi connectivity index (χ1) is 11.9. The molecule has 25 heavy (non-hydrogen) atoms. The Bertz CT molecular complexity index is 969. The van der Waals surface area contributed by atoms with Gasteiger partial charge in [-0.25, -0.2) is 9.18 Å². The van der Waals surface area contributed by atoms with Crippen molar-refractivity contribution >= 4 is 17.7 Å². The number of pyridine rings is 1. The number of ether oxygens (including phenoxy) is 1. The van der Waals surface area contributed by atoms with Crippen LogP contribution in [0.25, 0.3) is 5.69 Å². The number of hydrogen-bond acceptors (Lipinski definition) is 4. The number of benzene rings is 1. The van der Waals surface area contributed by atoms with Crippen molar-refractivity contribution < 1.29 is 18.7 Å². The number of cyclic esters (lactones) is 1. The third-order valence-corrected chi connectivity index (χ3v) is 4.47. The molecule has 0 radical (unpaired) electrons. The van der Waals surface area contributed by atoms with Gasteiger partial charge in [0, 0.05) is 24.0 Å². The van der Waals surface area contributed by atoms with Gasteiger partial charge in [0.05, 0.1) is 17.9 Å². The minimum atomic E-state index is -1.04. The lowest BCUT2D eigenvalue weighted by atomic mass is 9.99. The number of halogens is 1. The Labute approximate surface area is 141 Å². The van der Waals surface area contributed by atoms with Crippen LogP contribution in [0.15, 0.2) is 35.3 Å². The molecule has 0 bridgehead atoms. The second kappa shape index (κ2) is 5.44. The number of primary amides is 1. The SMILES string of the molecule is NC(=O)[C@H]1CN(c2cc(F)c3c(c2)CCc2cc(=O)ccn2-3)C(=O)O1. The van der Waals surface area contributed by atoms with E-state index in [1.54, 1.807) is 16.8 Å². The summed E-state index contributed by atoms with van der Waals surface area (Å²) in [4.78, 5) is 35.8. The smallest absolute Gasteiger partial charge is 0.415 e. The standard InChI is InChI=1S/C17H14FN3O4/c18-13-7-11(21-8-14(16(19)23)25-17(21)24)5-9-1-2-10-6-12(22)3-4-20(10)15(9)13/h3-7,14H,1-2,8H2,(H2,19,23)/t14-/m1/s1. The molecular weight excluding hydrogens is 329 g/mol. The van der Waals surface area contributed by atoms with E-state index in [0.717, 1.165) is 5.69 Å². The Morgan fingerprint density at radius 3 is 2.76 bits per heavy atom. The van der Waals surface area contributed by atoms with Crippen LogP contribution in [0.3, 0.4) is 0 Å². The Kier molecular flexibility index (Phi) is 3.34. The molecule has 0 saturated carbocycles. The monoisotopic (exact) mass is 343 g/mol. The summed E-state index contributed by atoms with van der Waals surface area (Å²) in [5, 5.41) is 0. The van der Waals surface area contributed by atoms with Crippen LogP contribution in [-0.2, 0) is 22.4 Å². The van der Waals surface area contributed by atoms with Gasteiger partial charge in [-0.15, -0.1) is 0 Å². The maximum Gasteiger partial charge on any atom is 0.415 e. The number of hydrogen-bond donors (Lipinski definition) is 1. The van der Waals surface area contributed by atoms with Crippen molar-refractivity contribution in [2.24, 2.45) is 5.73 Å². The van der Waals surface area contributed by atoms with Gasteiger partial charge in [0.2, 0.25) is 0 Å². The predicted octanol–water partition coefficient (Wildman–Crippen LogP) is 0.886. The Hall–Kier alpha value is -3.16. The van der Waals surface area contributed by atoms with E-state index in [9.17, 15) is 18.8 Å². The van der Waals surface area contributed by atoms with E-state index >= 15 is 0 Å². The molecule has 0 spiro atoms. The highest BCUT2D eigenvalue weighted by molar-refractivity contribution is 5.95. The van der Waals surface area contributed by atoms with Crippen molar-refractivity contribution in [3.63, 3.8) is 0 Å². The molecule has 2 aromatic rings. The van der Waals surface area contributed by atoms with Crippen LogP contribution < -0.4 is 16.1 Å². The van der Waals surface area contributed by atoms with E-state index in [1.165, 1.54) is 23.1 Å². The predicted molar refractivity (Wildman–Crippen MR) is 86.2 cm³/mol. The first-order valence-electron chi connectivity index (χ1n) is 7.76. The zero-order valence-electron chi connectivity index (χ0n) is 13.1. The Morgan fingerprint density at radius 2 is 2.04 bits per heavy atom. The topological polar surface area (TPSA) is 94.6 Å². The van der Waals surface area contributed by atoms with Crippen LogP contribution >= 0.6 is 0 Å². The van der Waals surface area contributed by atoms with E-state index in [1.807, 2.05) is 0 Å². The van der Waals surface area contributed by atoms with Crippen LogP contribution in [0.4, 0.5) is 14.9 Å². The molecule has 128 valence electrons. The molecule has 2 amide bonds. The van der Waals surface area contributed by atoms with Gasteiger partial charge < -0.3 is 15.0 Å². The highest BCUT2D eigenvalue weighted by Crippen LogP contribution is 2.32. The van der Waals surface area contributed by atoms with E-state index in [0.29, 0.717) is 29.8 Å². The van der Waals surface area contributed by atoms with E-state index in [2.05, 4.69) is 0 Å². The quantitative estimate of drug-likeness (QED) is 0.876. The largest absolute Gasteiger partial charge is 0.434 e. The molecule has 1 aromatic heterocycles. The number of rotatable bonds is 2. The van der Waals surface area contributed by atoms with Crippen molar-refractivity contribution in [3.05, 3.63) is 57.8 Å². The zero-order valence-corrected chi connectivity index (χ0v) is 13.1. The molecule has 1 aromatic carbocycles. The van der Waals surface area contributed by atoms with Crippen molar-refractivity contribution in [3.8, 4) is 5.69 Å². The summed E-state index contributed by atoms with van der Waals surface area (Å²) < 4.78 is 21.3. The number of anilines is 1. The van der Waals surface area contributed by atoms with Gasteiger partial charge in [-0.3, -0.25) is 14.5 Å². The first-order valence-corrected chi connectivity index (χ1v) is 7.76. The number of nitrogens with two attached hydrogens (primary N) is 1. The Balaban J connectivity index is 1.77. The zero-order chi connectivity index (χ0) is 17.7. The molecule has 1 saturated heterocycles. The number of fused-ring (bicyclic) bond motifs is 3. The van der Waals surface area contributed by atoms with Crippen LogP contribution in [-0.4, -0.2) is 29.2 Å². The maximum atomic E-state index is 14.8. The molecule has 2 aliphatic rings. The minimum absolute atomic E-state index is 0.0460. The van der Waals surface area contributed by atoms with Crippen LogP contribution in [0.1, 0.15) is 11.3 Å². The lowest BCUT2D eigenvalue weighted by Gasteiger charge is -2.24. The molecule has 0 aliphatic carbocycles. The van der Waals surface area contributed by atoms with Crippen LogP contribution in [0, 0.1) is 5.82 Å². The molecule has 0 unspecified atom stereocenters. The fourth-order valence-electron chi connectivity index (χ4n) is 3.28. The molecule has 7 nitrogen and oxygen atoms in total. The average molecular weight is 343 g/mol. The summed E-state index contributed by atoms with van der Waals surface area (Å²) in [6.07, 6.45) is 0.887. The van der Waals surface area contributed by atoms with Crippen molar-refractivity contribution in [1.29, 1.82) is 0 Å². The molecular formula is C17H14FN3O4.